The van der Waals surface area contributed by atoms with E-state index in [4.69, 9.17) is 10.00 Å². The van der Waals surface area contributed by atoms with Crippen LogP contribution in [-0.2, 0) is 17.8 Å². The molecule has 0 bridgehead atoms. The van der Waals surface area contributed by atoms with E-state index in [-0.39, 0.29) is 18.1 Å². The Morgan fingerprint density at radius 1 is 1.22 bits per heavy atom. The summed E-state index contributed by atoms with van der Waals surface area (Å²) in [5.41, 5.74) is 2.26. The molecule has 0 aromatic heterocycles. The highest BCUT2D eigenvalue weighted by Gasteiger charge is 2.06. The zero-order chi connectivity index (χ0) is 16.7. The van der Waals surface area contributed by atoms with Crippen LogP contribution in [0.4, 0.5) is 4.39 Å². The molecule has 0 aliphatic heterocycles. The van der Waals surface area contributed by atoms with Crippen molar-refractivity contribution in [2.24, 2.45) is 0 Å². The normalized spacial score (nSPS) is 9.96. The lowest BCUT2D eigenvalue weighted by molar-refractivity contribution is -0.121. The third-order valence-corrected chi connectivity index (χ3v) is 3.43. The Morgan fingerprint density at radius 3 is 2.52 bits per heavy atom. The van der Waals surface area contributed by atoms with Crippen molar-refractivity contribution in [2.75, 3.05) is 7.11 Å². The first-order valence-corrected chi connectivity index (χ1v) is 7.20. The number of amides is 1. The molecule has 2 aromatic carbocycles. The van der Waals surface area contributed by atoms with E-state index in [2.05, 4.69) is 5.32 Å². The van der Waals surface area contributed by atoms with Gasteiger partial charge in [0.15, 0.2) is 11.6 Å². The van der Waals surface area contributed by atoms with E-state index in [0.717, 1.165) is 11.1 Å². The summed E-state index contributed by atoms with van der Waals surface area (Å²) in [6.07, 6.45) is 0.738. The summed E-state index contributed by atoms with van der Waals surface area (Å²) >= 11 is 0. The molecular weight excluding hydrogens is 295 g/mol. The second-order valence-corrected chi connectivity index (χ2v) is 5.05. The highest BCUT2D eigenvalue weighted by atomic mass is 19.1. The molecule has 2 rings (SSSR count). The lowest BCUT2D eigenvalue weighted by atomic mass is 10.1. The highest BCUT2D eigenvalue weighted by Crippen LogP contribution is 2.18. The molecule has 0 radical (unpaired) electrons. The third kappa shape index (κ3) is 4.82. The molecule has 0 aliphatic carbocycles. The van der Waals surface area contributed by atoms with Crippen molar-refractivity contribution in [3.8, 4) is 11.8 Å². The van der Waals surface area contributed by atoms with Crippen LogP contribution in [0.5, 0.6) is 5.75 Å². The molecule has 5 heteroatoms. The lowest BCUT2D eigenvalue weighted by Gasteiger charge is -2.07. The monoisotopic (exact) mass is 312 g/mol. The van der Waals surface area contributed by atoms with Gasteiger partial charge in [-0.15, -0.1) is 0 Å². The van der Waals surface area contributed by atoms with Crippen LogP contribution in [0.25, 0.3) is 0 Å². The van der Waals surface area contributed by atoms with Crippen LogP contribution in [0.3, 0.4) is 0 Å². The van der Waals surface area contributed by atoms with Crippen LogP contribution in [0, 0.1) is 17.1 Å². The van der Waals surface area contributed by atoms with Gasteiger partial charge in [-0.25, -0.2) is 4.39 Å². The van der Waals surface area contributed by atoms with Crippen LogP contribution >= 0.6 is 0 Å². The molecule has 4 nitrogen and oxygen atoms in total. The van der Waals surface area contributed by atoms with E-state index in [1.54, 1.807) is 36.4 Å². The van der Waals surface area contributed by atoms with Gasteiger partial charge < -0.3 is 10.1 Å². The summed E-state index contributed by atoms with van der Waals surface area (Å²) in [6, 6.07) is 13.8. The number of hydrogen-bond donors (Lipinski definition) is 1. The Hall–Kier alpha value is -2.87. The van der Waals surface area contributed by atoms with Crippen LogP contribution in [0.15, 0.2) is 42.5 Å². The molecular formula is C18H17FN2O2. The van der Waals surface area contributed by atoms with Crippen molar-refractivity contribution >= 4 is 5.91 Å². The molecule has 0 spiro atoms. The zero-order valence-electron chi connectivity index (χ0n) is 12.8. The average molecular weight is 312 g/mol. The fourth-order valence-corrected chi connectivity index (χ4v) is 2.11. The summed E-state index contributed by atoms with van der Waals surface area (Å²) in [7, 11) is 1.41. The van der Waals surface area contributed by atoms with Crippen LogP contribution in [0.2, 0.25) is 0 Å². The molecule has 0 saturated heterocycles. The van der Waals surface area contributed by atoms with E-state index in [0.29, 0.717) is 18.5 Å². The topological polar surface area (TPSA) is 62.1 Å². The van der Waals surface area contributed by atoms with Gasteiger partial charge in [0.1, 0.15) is 0 Å². The summed E-state index contributed by atoms with van der Waals surface area (Å²) in [5.74, 6) is -0.340. The number of rotatable bonds is 6. The third-order valence-electron chi connectivity index (χ3n) is 3.43. The molecule has 0 heterocycles. The fourth-order valence-electron chi connectivity index (χ4n) is 2.11. The van der Waals surface area contributed by atoms with Gasteiger partial charge in [0, 0.05) is 13.0 Å². The maximum absolute atomic E-state index is 13.6. The maximum atomic E-state index is 13.6. The first-order valence-electron chi connectivity index (χ1n) is 7.20. The quantitative estimate of drug-likeness (QED) is 0.892. The SMILES string of the molecule is COc1ccc(CCC(=O)NCc2ccc(C#N)cc2)cc1F. The van der Waals surface area contributed by atoms with E-state index in [1.807, 2.05) is 6.07 Å². The van der Waals surface area contributed by atoms with Crippen molar-refractivity contribution in [1.29, 1.82) is 5.26 Å². The number of carbonyl (C=O) groups is 1. The molecule has 0 atom stereocenters. The second kappa shape index (κ2) is 7.95. The Labute approximate surface area is 134 Å². The standard InChI is InChI=1S/C18H17FN2O2/c1-23-17-8-6-13(10-16(17)19)7-9-18(22)21-12-15-4-2-14(11-20)3-5-15/h2-6,8,10H,7,9,12H2,1H3,(H,21,22). The summed E-state index contributed by atoms with van der Waals surface area (Å²) in [6.45, 7) is 0.404. The number of nitriles is 1. The van der Waals surface area contributed by atoms with E-state index in [9.17, 15) is 9.18 Å². The Kier molecular flexibility index (Phi) is 5.70. The minimum Gasteiger partial charge on any atom is -0.494 e. The molecule has 0 fully saturated rings. The van der Waals surface area contributed by atoms with E-state index in [1.165, 1.54) is 13.2 Å². The number of nitrogens with zero attached hydrogens (tertiary/aromatic N) is 1. The summed E-state index contributed by atoms with van der Waals surface area (Å²) in [4.78, 5) is 11.8. The maximum Gasteiger partial charge on any atom is 0.220 e. The largest absolute Gasteiger partial charge is 0.494 e. The van der Waals surface area contributed by atoms with Crippen LogP contribution in [-0.4, -0.2) is 13.0 Å². The van der Waals surface area contributed by atoms with Crippen LogP contribution in [0.1, 0.15) is 23.1 Å². The molecule has 0 unspecified atom stereocenters. The van der Waals surface area contributed by atoms with Gasteiger partial charge in [0.05, 0.1) is 18.7 Å². The first-order chi connectivity index (χ1) is 11.1. The smallest absolute Gasteiger partial charge is 0.220 e. The molecule has 0 saturated carbocycles. The van der Waals surface area contributed by atoms with E-state index < -0.39 is 5.82 Å². The second-order valence-electron chi connectivity index (χ2n) is 5.05. The van der Waals surface area contributed by atoms with Crippen molar-refractivity contribution in [2.45, 2.75) is 19.4 Å². The van der Waals surface area contributed by atoms with Gasteiger partial charge in [0.25, 0.3) is 0 Å². The molecule has 1 amide bonds. The van der Waals surface area contributed by atoms with Crippen LogP contribution < -0.4 is 10.1 Å². The van der Waals surface area contributed by atoms with Gasteiger partial charge >= 0.3 is 0 Å². The lowest BCUT2D eigenvalue weighted by Crippen LogP contribution is -2.23. The minimum absolute atomic E-state index is 0.106. The first kappa shape index (κ1) is 16.5. The van der Waals surface area contributed by atoms with Crippen molar-refractivity contribution in [3.63, 3.8) is 0 Å². The molecule has 118 valence electrons. The average Bonchev–Trinajstić information content (AvgIpc) is 2.58. The number of halogens is 1. The number of carbonyl (C=O) groups excluding carboxylic acids is 1. The molecule has 1 N–H and O–H groups in total. The molecule has 2 aromatic rings. The summed E-state index contributed by atoms with van der Waals surface area (Å²) < 4.78 is 18.4. The number of methoxy groups -OCH3 is 1. The number of hydrogen-bond acceptors (Lipinski definition) is 3. The predicted octanol–water partition coefficient (Wildman–Crippen LogP) is 2.95. The van der Waals surface area contributed by atoms with Gasteiger partial charge in [-0.1, -0.05) is 18.2 Å². The minimum atomic E-state index is -0.428. The van der Waals surface area contributed by atoms with Crippen molar-refractivity contribution in [3.05, 3.63) is 65.0 Å². The predicted molar refractivity (Wildman–Crippen MR) is 84.3 cm³/mol. The fraction of sp³-hybridized carbons (Fsp3) is 0.222. The van der Waals surface area contributed by atoms with Gasteiger partial charge in [-0.05, 0) is 41.8 Å². The Bertz CT molecular complexity index is 721. The van der Waals surface area contributed by atoms with E-state index >= 15 is 0 Å². The summed E-state index contributed by atoms with van der Waals surface area (Å²) in [5, 5.41) is 11.5. The highest BCUT2D eigenvalue weighted by molar-refractivity contribution is 5.76. The Balaban J connectivity index is 1.80. The zero-order valence-corrected chi connectivity index (χ0v) is 12.8. The van der Waals surface area contributed by atoms with Gasteiger partial charge in [-0.2, -0.15) is 5.26 Å². The van der Waals surface area contributed by atoms with Crippen molar-refractivity contribution < 1.29 is 13.9 Å². The Morgan fingerprint density at radius 2 is 1.91 bits per heavy atom. The van der Waals surface area contributed by atoms with Gasteiger partial charge in [0.2, 0.25) is 5.91 Å². The van der Waals surface area contributed by atoms with Crippen molar-refractivity contribution in [1.82, 2.24) is 5.32 Å². The number of ether oxygens (including phenoxy) is 1. The van der Waals surface area contributed by atoms with Gasteiger partial charge in [-0.3, -0.25) is 4.79 Å². The number of aryl methyl sites for hydroxylation is 1. The number of nitrogens with one attached hydrogen (secondary N) is 1. The molecule has 23 heavy (non-hydrogen) atoms. The molecule has 0 aliphatic rings. The number of benzene rings is 2.